The summed E-state index contributed by atoms with van der Waals surface area (Å²) in [5.74, 6) is 0. The smallest absolute Gasteiger partial charge is 0.136 e. The molecular formula is C15H21N3O. The predicted molar refractivity (Wildman–Crippen MR) is 74.9 cm³/mol. The molecule has 3 rings (SSSR count). The summed E-state index contributed by atoms with van der Waals surface area (Å²) in [5, 5.41) is 9.58. The number of imidazole rings is 1. The lowest BCUT2D eigenvalue weighted by Crippen LogP contribution is -2.31. The number of aliphatic hydroxyl groups is 1. The Morgan fingerprint density at radius 2 is 2.37 bits per heavy atom. The van der Waals surface area contributed by atoms with Gasteiger partial charge in [0.05, 0.1) is 18.0 Å². The first-order chi connectivity index (χ1) is 9.24. The zero-order valence-corrected chi connectivity index (χ0v) is 11.4. The average molecular weight is 259 g/mol. The Hall–Kier alpha value is -1.39. The maximum Gasteiger partial charge on any atom is 0.136 e. The van der Waals surface area contributed by atoms with E-state index in [-0.39, 0.29) is 6.10 Å². The first-order valence-corrected chi connectivity index (χ1v) is 7.07. The molecule has 19 heavy (non-hydrogen) atoms. The highest BCUT2D eigenvalue weighted by molar-refractivity contribution is 5.39. The van der Waals surface area contributed by atoms with Crippen LogP contribution in [0.15, 0.2) is 30.6 Å². The number of likely N-dealkylation sites (tertiary alicyclic amines) is 1. The Kier molecular flexibility index (Phi) is 3.53. The number of hydrogen-bond acceptors (Lipinski definition) is 3. The van der Waals surface area contributed by atoms with Crippen molar-refractivity contribution < 1.29 is 5.11 Å². The lowest BCUT2D eigenvalue weighted by atomic mass is 10.1. The van der Waals surface area contributed by atoms with Crippen LogP contribution in [0.2, 0.25) is 0 Å². The summed E-state index contributed by atoms with van der Waals surface area (Å²) in [6.07, 6.45) is 7.12. The Balaban J connectivity index is 1.77. The largest absolute Gasteiger partial charge is 0.393 e. The van der Waals surface area contributed by atoms with Crippen molar-refractivity contribution in [2.24, 2.45) is 0 Å². The van der Waals surface area contributed by atoms with Gasteiger partial charge in [-0.2, -0.15) is 0 Å². The molecule has 0 spiro atoms. The van der Waals surface area contributed by atoms with Crippen LogP contribution < -0.4 is 0 Å². The van der Waals surface area contributed by atoms with Gasteiger partial charge in [-0.1, -0.05) is 6.07 Å². The molecule has 2 atom stereocenters. The molecule has 0 bridgehead atoms. The van der Waals surface area contributed by atoms with E-state index in [1.54, 1.807) is 0 Å². The van der Waals surface area contributed by atoms with E-state index in [0.717, 1.165) is 25.2 Å². The molecule has 4 heteroatoms. The fourth-order valence-corrected chi connectivity index (χ4v) is 3.07. The molecule has 0 amide bonds. The molecule has 0 saturated carbocycles. The fourth-order valence-electron chi connectivity index (χ4n) is 3.07. The maximum absolute atomic E-state index is 9.58. The van der Waals surface area contributed by atoms with Gasteiger partial charge < -0.3 is 9.51 Å². The molecule has 0 aromatic carbocycles. The molecule has 1 N–H and O–H groups in total. The lowest BCUT2D eigenvalue weighted by molar-refractivity contribution is 0.130. The second-order valence-electron chi connectivity index (χ2n) is 5.53. The van der Waals surface area contributed by atoms with Gasteiger partial charge in [0.25, 0.3) is 0 Å². The van der Waals surface area contributed by atoms with Crippen LogP contribution in [0.3, 0.4) is 0 Å². The first kappa shape index (κ1) is 12.6. The monoisotopic (exact) mass is 259 g/mol. The van der Waals surface area contributed by atoms with Crippen molar-refractivity contribution in [1.82, 2.24) is 14.3 Å². The number of fused-ring (bicyclic) bond motifs is 1. The van der Waals surface area contributed by atoms with E-state index in [9.17, 15) is 5.11 Å². The van der Waals surface area contributed by atoms with Crippen molar-refractivity contribution >= 4 is 5.65 Å². The molecule has 1 aliphatic rings. The minimum absolute atomic E-state index is 0.215. The minimum atomic E-state index is -0.215. The average Bonchev–Trinajstić information content (AvgIpc) is 2.98. The van der Waals surface area contributed by atoms with Crippen molar-refractivity contribution in [2.75, 3.05) is 6.54 Å². The lowest BCUT2D eigenvalue weighted by Gasteiger charge is -2.25. The number of aromatic nitrogens is 2. The van der Waals surface area contributed by atoms with Gasteiger partial charge in [0.2, 0.25) is 0 Å². The summed E-state index contributed by atoms with van der Waals surface area (Å²) in [6, 6.07) is 6.59. The summed E-state index contributed by atoms with van der Waals surface area (Å²) in [6.45, 7) is 3.92. The van der Waals surface area contributed by atoms with Crippen molar-refractivity contribution in [3.63, 3.8) is 0 Å². The Morgan fingerprint density at radius 3 is 3.21 bits per heavy atom. The molecule has 102 valence electrons. The van der Waals surface area contributed by atoms with Gasteiger partial charge in [0.1, 0.15) is 5.65 Å². The number of aliphatic hydroxyl groups excluding tert-OH is 1. The molecule has 1 saturated heterocycles. The molecule has 3 heterocycles. The molecule has 2 aromatic rings. The number of hydrogen-bond donors (Lipinski definition) is 1. The van der Waals surface area contributed by atoms with Crippen LogP contribution in [0.1, 0.15) is 31.9 Å². The highest BCUT2D eigenvalue weighted by Crippen LogP contribution is 2.23. The third-order valence-electron chi connectivity index (χ3n) is 3.97. The summed E-state index contributed by atoms with van der Waals surface area (Å²) in [5.41, 5.74) is 2.23. The van der Waals surface area contributed by atoms with Crippen LogP contribution in [-0.4, -0.2) is 38.1 Å². The van der Waals surface area contributed by atoms with Gasteiger partial charge in [-0.15, -0.1) is 0 Å². The first-order valence-electron chi connectivity index (χ1n) is 7.07. The van der Waals surface area contributed by atoms with E-state index in [4.69, 9.17) is 0 Å². The van der Waals surface area contributed by atoms with Crippen molar-refractivity contribution in [3.8, 4) is 0 Å². The SMILES string of the molecule is CC(O)CC1CCCN1Cc1cnc2ccccn12. The Bertz CT molecular complexity index is 549. The Labute approximate surface area is 113 Å². The highest BCUT2D eigenvalue weighted by atomic mass is 16.3. The molecule has 1 fully saturated rings. The van der Waals surface area contributed by atoms with Gasteiger partial charge in [-0.3, -0.25) is 4.90 Å². The second kappa shape index (κ2) is 5.31. The quantitative estimate of drug-likeness (QED) is 0.914. The van der Waals surface area contributed by atoms with Crippen LogP contribution >= 0.6 is 0 Å². The van der Waals surface area contributed by atoms with E-state index >= 15 is 0 Å². The molecule has 0 radical (unpaired) electrons. The van der Waals surface area contributed by atoms with Crippen LogP contribution in [0.5, 0.6) is 0 Å². The van der Waals surface area contributed by atoms with E-state index < -0.39 is 0 Å². The van der Waals surface area contributed by atoms with Crippen LogP contribution in [-0.2, 0) is 6.54 Å². The van der Waals surface area contributed by atoms with Gasteiger partial charge in [0.15, 0.2) is 0 Å². The van der Waals surface area contributed by atoms with Crippen LogP contribution in [0.4, 0.5) is 0 Å². The summed E-state index contributed by atoms with van der Waals surface area (Å²) in [4.78, 5) is 6.91. The van der Waals surface area contributed by atoms with Crippen molar-refractivity contribution in [2.45, 2.75) is 44.9 Å². The minimum Gasteiger partial charge on any atom is -0.393 e. The number of pyridine rings is 1. The van der Waals surface area contributed by atoms with E-state index in [2.05, 4.69) is 20.5 Å². The zero-order chi connectivity index (χ0) is 13.2. The summed E-state index contributed by atoms with van der Waals surface area (Å²) < 4.78 is 2.15. The highest BCUT2D eigenvalue weighted by Gasteiger charge is 2.26. The van der Waals surface area contributed by atoms with Crippen molar-refractivity contribution in [3.05, 3.63) is 36.3 Å². The normalized spacial score (nSPS) is 22.1. The summed E-state index contributed by atoms with van der Waals surface area (Å²) >= 11 is 0. The topological polar surface area (TPSA) is 40.8 Å². The number of nitrogens with zero attached hydrogens (tertiary/aromatic N) is 3. The molecule has 4 nitrogen and oxygen atoms in total. The zero-order valence-electron chi connectivity index (χ0n) is 11.4. The molecule has 1 aliphatic heterocycles. The van der Waals surface area contributed by atoms with Gasteiger partial charge in [-0.25, -0.2) is 4.98 Å². The predicted octanol–water partition coefficient (Wildman–Crippen LogP) is 2.07. The third-order valence-corrected chi connectivity index (χ3v) is 3.97. The summed E-state index contributed by atoms with van der Waals surface area (Å²) in [7, 11) is 0. The molecule has 2 unspecified atom stereocenters. The fraction of sp³-hybridized carbons (Fsp3) is 0.533. The van der Waals surface area contributed by atoms with Gasteiger partial charge >= 0.3 is 0 Å². The van der Waals surface area contributed by atoms with E-state index in [0.29, 0.717) is 6.04 Å². The molecule has 0 aliphatic carbocycles. The van der Waals surface area contributed by atoms with Gasteiger partial charge in [0, 0.05) is 18.8 Å². The number of rotatable bonds is 4. The van der Waals surface area contributed by atoms with Crippen LogP contribution in [0, 0.1) is 0 Å². The maximum atomic E-state index is 9.58. The van der Waals surface area contributed by atoms with E-state index in [1.807, 2.05) is 31.3 Å². The van der Waals surface area contributed by atoms with Gasteiger partial charge in [-0.05, 0) is 44.9 Å². The molecule has 2 aromatic heterocycles. The van der Waals surface area contributed by atoms with E-state index in [1.165, 1.54) is 18.5 Å². The standard InChI is InChI=1S/C15H21N3O/c1-12(19)9-13-5-4-7-17(13)11-14-10-16-15-6-2-3-8-18(14)15/h2-3,6,8,10,12-13,19H,4-5,7,9,11H2,1H3. The molecular weight excluding hydrogens is 238 g/mol. The Morgan fingerprint density at radius 1 is 1.47 bits per heavy atom. The third kappa shape index (κ3) is 2.65. The second-order valence-corrected chi connectivity index (χ2v) is 5.53. The van der Waals surface area contributed by atoms with Crippen LogP contribution in [0.25, 0.3) is 5.65 Å². The van der Waals surface area contributed by atoms with Crippen molar-refractivity contribution in [1.29, 1.82) is 0 Å².